The van der Waals surface area contributed by atoms with Crippen molar-refractivity contribution in [3.8, 4) is 28.5 Å². The molecule has 5 rings (SSSR count). The van der Waals surface area contributed by atoms with Gasteiger partial charge in [-0.15, -0.1) is 0 Å². The van der Waals surface area contributed by atoms with Crippen molar-refractivity contribution in [2.24, 2.45) is 0 Å². The number of fused-ring (bicyclic) bond motifs is 1. The van der Waals surface area contributed by atoms with Gasteiger partial charge in [0.1, 0.15) is 17.2 Å². The minimum atomic E-state index is -0.535. The summed E-state index contributed by atoms with van der Waals surface area (Å²) in [5, 5.41) is 5.57. The van der Waals surface area contributed by atoms with E-state index in [9.17, 15) is 4.39 Å². The van der Waals surface area contributed by atoms with Gasteiger partial charge in [0.15, 0.2) is 17.2 Å². The Bertz CT molecular complexity index is 1420. The molecule has 0 aliphatic carbocycles. The second kappa shape index (κ2) is 8.63. The maximum Gasteiger partial charge on any atom is 0.167 e. The van der Waals surface area contributed by atoms with Gasteiger partial charge < -0.3 is 15.2 Å². The number of hydrogen-bond donors (Lipinski definition) is 1. The molecule has 6 nitrogen and oxygen atoms in total. The molecular weight excluding hydrogens is 419 g/mol. The molecule has 0 aliphatic heterocycles. The second-order valence-electron chi connectivity index (χ2n) is 7.52. The lowest BCUT2D eigenvalue weighted by Gasteiger charge is -2.09. The van der Waals surface area contributed by atoms with E-state index < -0.39 is 5.82 Å². The number of methoxy groups -OCH3 is 1. The number of aromatic nitrogens is 3. The highest BCUT2D eigenvalue weighted by Gasteiger charge is 2.19. The van der Waals surface area contributed by atoms with Crippen LogP contribution in [0.4, 0.5) is 10.1 Å². The first-order valence-corrected chi connectivity index (χ1v) is 10.4. The summed E-state index contributed by atoms with van der Waals surface area (Å²) < 4.78 is 27.5. The first kappa shape index (κ1) is 20.5. The maximum atomic E-state index is 14.5. The van der Waals surface area contributed by atoms with E-state index in [1.807, 2.05) is 59.3 Å². The number of anilines is 1. The van der Waals surface area contributed by atoms with Crippen LogP contribution >= 0.6 is 0 Å². The van der Waals surface area contributed by atoms with E-state index in [1.165, 1.54) is 12.1 Å². The van der Waals surface area contributed by atoms with E-state index in [4.69, 9.17) is 20.3 Å². The molecule has 33 heavy (non-hydrogen) atoms. The lowest BCUT2D eigenvalue weighted by molar-refractivity contribution is 0.414. The number of nitrogens with two attached hydrogens (primary N) is 1. The molecule has 0 bridgehead atoms. The third-order valence-electron chi connectivity index (χ3n) is 5.31. The minimum Gasteiger partial charge on any atom is -0.497 e. The molecule has 0 fully saturated rings. The van der Waals surface area contributed by atoms with Crippen molar-refractivity contribution >= 4 is 16.7 Å². The molecule has 3 aromatic carbocycles. The number of hydrogen-bond acceptors (Lipinski definition) is 5. The molecule has 0 radical (unpaired) electrons. The van der Waals surface area contributed by atoms with Crippen LogP contribution in [-0.2, 0) is 6.54 Å². The number of nitrogen functional groups attached to an aromatic ring is 1. The van der Waals surface area contributed by atoms with E-state index in [1.54, 1.807) is 25.4 Å². The van der Waals surface area contributed by atoms with Gasteiger partial charge in [-0.3, -0.25) is 0 Å². The summed E-state index contributed by atoms with van der Waals surface area (Å²) in [5.41, 5.74) is 9.30. The summed E-state index contributed by atoms with van der Waals surface area (Å²) in [4.78, 5) is 4.58. The van der Waals surface area contributed by atoms with Crippen LogP contribution in [0.1, 0.15) is 5.56 Å². The molecule has 2 N–H and O–H groups in total. The Labute approximate surface area is 190 Å². The third-order valence-corrected chi connectivity index (χ3v) is 5.31. The number of nitrogens with zero attached hydrogens (tertiary/aromatic N) is 3. The predicted octanol–water partition coefficient (Wildman–Crippen LogP) is 5.67. The number of rotatable bonds is 6. The topological polar surface area (TPSA) is 75.2 Å². The van der Waals surface area contributed by atoms with Gasteiger partial charge in [-0.25, -0.2) is 14.1 Å². The Morgan fingerprint density at radius 1 is 0.939 bits per heavy atom. The molecule has 0 aliphatic rings. The molecule has 0 unspecified atom stereocenters. The molecule has 2 heterocycles. The Morgan fingerprint density at radius 3 is 2.45 bits per heavy atom. The molecular formula is C26H21FN4O2. The van der Waals surface area contributed by atoms with E-state index in [0.717, 1.165) is 16.9 Å². The van der Waals surface area contributed by atoms with Crippen LogP contribution in [0.3, 0.4) is 0 Å². The molecule has 0 atom stereocenters. The van der Waals surface area contributed by atoms with Crippen LogP contribution in [-0.4, -0.2) is 21.9 Å². The van der Waals surface area contributed by atoms with Gasteiger partial charge in [-0.2, -0.15) is 5.10 Å². The first-order chi connectivity index (χ1) is 16.1. The number of pyridine rings is 1. The summed E-state index contributed by atoms with van der Waals surface area (Å²) in [7, 11) is 1.64. The van der Waals surface area contributed by atoms with Crippen LogP contribution in [0.15, 0.2) is 85.1 Å². The van der Waals surface area contributed by atoms with Crippen molar-refractivity contribution in [1.82, 2.24) is 14.8 Å². The summed E-state index contributed by atoms with van der Waals surface area (Å²) in [6.45, 7) is 0.500. The fourth-order valence-corrected chi connectivity index (χ4v) is 3.69. The molecule has 2 aromatic heterocycles. The molecule has 164 valence electrons. The molecule has 0 spiro atoms. The monoisotopic (exact) mass is 440 g/mol. The van der Waals surface area contributed by atoms with Crippen LogP contribution in [0.2, 0.25) is 0 Å². The molecule has 5 aromatic rings. The zero-order valence-electron chi connectivity index (χ0n) is 17.9. The van der Waals surface area contributed by atoms with Crippen molar-refractivity contribution in [3.05, 3.63) is 96.4 Å². The number of benzene rings is 3. The Morgan fingerprint density at radius 2 is 1.73 bits per heavy atom. The zero-order valence-corrected chi connectivity index (χ0v) is 17.9. The lowest BCUT2D eigenvalue weighted by atomic mass is 10.1. The molecule has 7 heteroatoms. The second-order valence-corrected chi connectivity index (χ2v) is 7.52. The first-order valence-electron chi connectivity index (χ1n) is 10.4. The van der Waals surface area contributed by atoms with Crippen molar-refractivity contribution in [1.29, 1.82) is 0 Å². The largest absolute Gasteiger partial charge is 0.497 e. The average Bonchev–Trinajstić information content (AvgIpc) is 3.21. The normalized spacial score (nSPS) is 11.0. The average molecular weight is 440 g/mol. The predicted molar refractivity (Wildman–Crippen MR) is 126 cm³/mol. The summed E-state index contributed by atoms with van der Waals surface area (Å²) in [5.74, 6) is 0.794. The summed E-state index contributed by atoms with van der Waals surface area (Å²) in [6, 6.07) is 23.6. The molecule has 0 saturated heterocycles. The van der Waals surface area contributed by atoms with Crippen molar-refractivity contribution in [3.63, 3.8) is 0 Å². The van der Waals surface area contributed by atoms with Crippen LogP contribution in [0.25, 0.3) is 22.3 Å². The van der Waals surface area contributed by atoms with Crippen LogP contribution in [0, 0.1) is 5.82 Å². The fraction of sp³-hybridized carbons (Fsp3) is 0.0769. The maximum absolute atomic E-state index is 14.5. The van der Waals surface area contributed by atoms with Gasteiger partial charge in [-0.1, -0.05) is 42.5 Å². The minimum absolute atomic E-state index is 0.0821. The van der Waals surface area contributed by atoms with Crippen molar-refractivity contribution in [2.45, 2.75) is 6.54 Å². The highest BCUT2D eigenvalue weighted by Crippen LogP contribution is 2.37. The molecule has 0 amide bonds. The zero-order chi connectivity index (χ0) is 22.8. The van der Waals surface area contributed by atoms with Crippen molar-refractivity contribution in [2.75, 3.05) is 12.8 Å². The van der Waals surface area contributed by atoms with Gasteiger partial charge in [0, 0.05) is 23.5 Å². The Kier molecular flexibility index (Phi) is 5.36. The Hall–Kier alpha value is -4.39. The number of ether oxygens (including phenoxy) is 2. The van der Waals surface area contributed by atoms with Gasteiger partial charge in [0.25, 0.3) is 0 Å². The standard InChI is InChI=1S/C26H21FN4O2/c1-32-20-10-7-17(8-11-20)16-31-26-24(25(30-31)18-5-3-2-4-6-18)23(13-14-29-26)33-22-12-9-19(28)15-21(22)27/h2-15H,16,28H2,1H3. The van der Waals surface area contributed by atoms with E-state index in [0.29, 0.717) is 34.7 Å². The van der Waals surface area contributed by atoms with E-state index >= 15 is 0 Å². The van der Waals surface area contributed by atoms with Gasteiger partial charge in [-0.05, 0) is 35.9 Å². The third kappa shape index (κ3) is 4.08. The smallest absolute Gasteiger partial charge is 0.167 e. The summed E-state index contributed by atoms with van der Waals surface area (Å²) in [6.07, 6.45) is 1.63. The highest BCUT2D eigenvalue weighted by molar-refractivity contribution is 5.96. The number of halogens is 1. The lowest BCUT2D eigenvalue weighted by Crippen LogP contribution is -2.03. The van der Waals surface area contributed by atoms with Gasteiger partial charge in [0.05, 0.1) is 19.0 Å². The highest BCUT2D eigenvalue weighted by atomic mass is 19.1. The SMILES string of the molecule is COc1ccc(Cn2nc(-c3ccccc3)c3c(Oc4ccc(N)cc4F)ccnc32)cc1. The van der Waals surface area contributed by atoms with Crippen molar-refractivity contribution < 1.29 is 13.9 Å². The fourth-order valence-electron chi connectivity index (χ4n) is 3.69. The van der Waals surface area contributed by atoms with Crippen LogP contribution in [0.5, 0.6) is 17.2 Å². The van der Waals surface area contributed by atoms with Gasteiger partial charge >= 0.3 is 0 Å². The Balaban J connectivity index is 1.64. The van der Waals surface area contributed by atoms with E-state index in [-0.39, 0.29) is 5.75 Å². The van der Waals surface area contributed by atoms with Gasteiger partial charge in [0.2, 0.25) is 0 Å². The molecule has 0 saturated carbocycles. The quantitative estimate of drug-likeness (QED) is 0.344. The van der Waals surface area contributed by atoms with Crippen LogP contribution < -0.4 is 15.2 Å². The summed E-state index contributed by atoms with van der Waals surface area (Å²) >= 11 is 0. The van der Waals surface area contributed by atoms with E-state index in [2.05, 4.69) is 4.98 Å².